The first kappa shape index (κ1) is 6.03. The van der Waals surface area contributed by atoms with Crippen LogP contribution in [0.4, 0.5) is 0 Å². The molecule has 2 nitrogen and oxygen atoms in total. The minimum absolute atomic E-state index is 0.615. The van der Waals surface area contributed by atoms with Crippen LogP contribution in [-0.4, -0.2) is 17.0 Å². The Morgan fingerprint density at radius 2 is 1.70 bits per heavy atom. The molecule has 0 N–H and O–H groups in total. The molecule has 2 rings (SSSR count). The molecule has 0 saturated carbocycles. The maximum atomic E-state index is 8.75. The molecule has 2 saturated heterocycles. The highest BCUT2D eigenvalue weighted by Crippen LogP contribution is 2.34. The third-order valence-electron chi connectivity index (χ3n) is 2.81. The Bertz CT molecular complexity index is 155. The maximum Gasteiger partial charge on any atom is 0.179 e. The molecule has 0 aromatic carbocycles. The van der Waals surface area contributed by atoms with Crippen LogP contribution >= 0.6 is 0 Å². The van der Waals surface area contributed by atoms with Crippen LogP contribution in [-0.2, 0) is 0 Å². The summed E-state index contributed by atoms with van der Waals surface area (Å²) in [5, 5.41) is 8.75. The van der Waals surface area contributed by atoms with Crippen molar-refractivity contribution in [3.05, 3.63) is 0 Å². The van der Waals surface area contributed by atoms with Crippen molar-refractivity contribution >= 4 is 0 Å². The fourth-order valence-electron chi connectivity index (χ4n) is 2.28. The van der Waals surface area contributed by atoms with Gasteiger partial charge in [-0.3, -0.25) is 0 Å². The van der Waals surface area contributed by atoms with Gasteiger partial charge >= 0.3 is 0 Å². The van der Waals surface area contributed by atoms with Gasteiger partial charge < -0.3 is 4.90 Å². The zero-order valence-electron chi connectivity index (χ0n) is 6.08. The lowest BCUT2D eigenvalue weighted by atomic mass is 10.0. The molecule has 2 fully saturated rings. The SMILES string of the molecule is N#CN1[C@@H]2CCC[C@H]1CC2. The van der Waals surface area contributed by atoms with Gasteiger partial charge in [0.05, 0.1) is 0 Å². The Balaban J connectivity index is 2.15. The third-order valence-corrected chi connectivity index (χ3v) is 2.81. The average molecular weight is 136 g/mol. The molecule has 0 aliphatic carbocycles. The van der Waals surface area contributed by atoms with Crippen LogP contribution < -0.4 is 0 Å². The molecule has 54 valence electrons. The minimum atomic E-state index is 0.615. The molecular formula is C8H12N2. The minimum Gasteiger partial charge on any atom is -0.305 e. The number of rotatable bonds is 0. The molecule has 0 aromatic heterocycles. The molecule has 0 radical (unpaired) electrons. The maximum absolute atomic E-state index is 8.75. The molecule has 0 unspecified atom stereocenters. The van der Waals surface area contributed by atoms with Crippen LogP contribution in [0.25, 0.3) is 0 Å². The van der Waals surface area contributed by atoms with E-state index in [1.165, 1.54) is 32.1 Å². The van der Waals surface area contributed by atoms with Crippen LogP contribution in [0.3, 0.4) is 0 Å². The van der Waals surface area contributed by atoms with Crippen molar-refractivity contribution in [2.45, 2.75) is 44.2 Å². The van der Waals surface area contributed by atoms with E-state index in [-0.39, 0.29) is 0 Å². The smallest absolute Gasteiger partial charge is 0.179 e. The summed E-state index contributed by atoms with van der Waals surface area (Å²) < 4.78 is 0. The van der Waals surface area contributed by atoms with Gasteiger partial charge in [0.25, 0.3) is 0 Å². The van der Waals surface area contributed by atoms with Crippen molar-refractivity contribution in [1.29, 1.82) is 5.26 Å². The van der Waals surface area contributed by atoms with Crippen LogP contribution in [0.1, 0.15) is 32.1 Å². The largest absolute Gasteiger partial charge is 0.305 e. The second-order valence-corrected chi connectivity index (χ2v) is 3.32. The average Bonchev–Trinajstić information content (AvgIpc) is 2.19. The lowest BCUT2D eigenvalue weighted by Crippen LogP contribution is -2.35. The number of nitrogens with zero attached hydrogens (tertiary/aromatic N) is 2. The van der Waals surface area contributed by atoms with Gasteiger partial charge in [0.2, 0.25) is 0 Å². The number of hydrogen-bond acceptors (Lipinski definition) is 2. The van der Waals surface area contributed by atoms with E-state index in [0.29, 0.717) is 12.1 Å². The molecule has 2 aliphatic heterocycles. The van der Waals surface area contributed by atoms with Gasteiger partial charge in [0, 0.05) is 12.1 Å². The normalized spacial score (nSPS) is 37.7. The molecule has 2 heterocycles. The van der Waals surface area contributed by atoms with Gasteiger partial charge in [-0.25, -0.2) is 0 Å². The summed E-state index contributed by atoms with van der Waals surface area (Å²) in [6.45, 7) is 0. The lowest BCUT2D eigenvalue weighted by molar-refractivity contribution is 0.218. The van der Waals surface area contributed by atoms with E-state index in [1.54, 1.807) is 0 Å². The second kappa shape index (κ2) is 2.16. The summed E-state index contributed by atoms with van der Waals surface area (Å²) in [4.78, 5) is 2.02. The summed E-state index contributed by atoms with van der Waals surface area (Å²) >= 11 is 0. The Kier molecular flexibility index (Phi) is 1.30. The van der Waals surface area contributed by atoms with Crippen LogP contribution in [0, 0.1) is 11.5 Å². The molecule has 2 aliphatic rings. The van der Waals surface area contributed by atoms with E-state index >= 15 is 0 Å². The highest BCUT2D eigenvalue weighted by atomic mass is 15.2. The van der Waals surface area contributed by atoms with E-state index in [4.69, 9.17) is 5.26 Å². The van der Waals surface area contributed by atoms with Gasteiger partial charge in [-0.1, -0.05) is 0 Å². The molecule has 2 bridgehead atoms. The Morgan fingerprint density at radius 1 is 1.10 bits per heavy atom. The highest BCUT2D eigenvalue weighted by molar-refractivity contribution is 4.97. The van der Waals surface area contributed by atoms with Crippen LogP contribution in [0.5, 0.6) is 0 Å². The molecule has 0 amide bonds. The standard InChI is InChI=1S/C8H12N2/c9-6-10-7-2-1-3-8(10)5-4-7/h7-8H,1-5H2/t7-,8+. The summed E-state index contributed by atoms with van der Waals surface area (Å²) in [7, 11) is 0. The predicted octanol–water partition coefficient (Wildman–Crippen LogP) is 1.48. The van der Waals surface area contributed by atoms with Crippen molar-refractivity contribution in [2.24, 2.45) is 0 Å². The lowest BCUT2D eigenvalue weighted by Gasteiger charge is -2.29. The third kappa shape index (κ3) is 0.701. The zero-order valence-corrected chi connectivity index (χ0v) is 6.08. The quantitative estimate of drug-likeness (QED) is 0.472. The first-order valence-corrected chi connectivity index (χ1v) is 4.10. The van der Waals surface area contributed by atoms with Gasteiger partial charge in [-0.05, 0) is 32.1 Å². The number of piperidine rings is 1. The van der Waals surface area contributed by atoms with E-state index in [0.717, 1.165) is 0 Å². The number of hydrogen-bond donors (Lipinski definition) is 0. The fraction of sp³-hybridized carbons (Fsp3) is 0.875. The number of fused-ring (bicyclic) bond motifs is 2. The van der Waals surface area contributed by atoms with E-state index in [1.807, 2.05) is 4.90 Å². The zero-order chi connectivity index (χ0) is 6.97. The van der Waals surface area contributed by atoms with Crippen LogP contribution in [0.15, 0.2) is 0 Å². The highest BCUT2D eigenvalue weighted by Gasteiger charge is 2.35. The summed E-state index contributed by atoms with van der Waals surface area (Å²) in [6.07, 6.45) is 8.67. The summed E-state index contributed by atoms with van der Waals surface area (Å²) in [5.74, 6) is 0. The van der Waals surface area contributed by atoms with E-state index < -0.39 is 0 Å². The Labute approximate surface area is 61.4 Å². The van der Waals surface area contributed by atoms with Crippen molar-refractivity contribution in [1.82, 2.24) is 4.90 Å². The van der Waals surface area contributed by atoms with Crippen molar-refractivity contribution in [2.75, 3.05) is 0 Å². The first-order chi connectivity index (χ1) is 4.92. The second-order valence-electron chi connectivity index (χ2n) is 3.32. The van der Waals surface area contributed by atoms with Crippen molar-refractivity contribution in [3.63, 3.8) is 0 Å². The molecule has 10 heavy (non-hydrogen) atoms. The predicted molar refractivity (Wildman–Crippen MR) is 38.1 cm³/mol. The van der Waals surface area contributed by atoms with Gasteiger partial charge in [0.15, 0.2) is 6.19 Å². The van der Waals surface area contributed by atoms with Crippen molar-refractivity contribution < 1.29 is 0 Å². The van der Waals surface area contributed by atoms with Gasteiger partial charge in [-0.15, -0.1) is 0 Å². The summed E-state index contributed by atoms with van der Waals surface area (Å²) in [5.41, 5.74) is 0. The first-order valence-electron chi connectivity index (χ1n) is 4.10. The fourth-order valence-corrected chi connectivity index (χ4v) is 2.28. The molecule has 2 heteroatoms. The molecule has 2 atom stereocenters. The van der Waals surface area contributed by atoms with Crippen LogP contribution in [0.2, 0.25) is 0 Å². The summed E-state index contributed by atoms with van der Waals surface area (Å²) in [6, 6.07) is 1.23. The topological polar surface area (TPSA) is 27.0 Å². The molecule has 0 spiro atoms. The molecular weight excluding hydrogens is 124 g/mol. The Morgan fingerprint density at radius 3 is 2.10 bits per heavy atom. The van der Waals surface area contributed by atoms with Gasteiger partial charge in [-0.2, -0.15) is 5.26 Å². The molecule has 0 aromatic rings. The number of nitriles is 1. The van der Waals surface area contributed by atoms with E-state index in [2.05, 4.69) is 6.19 Å². The monoisotopic (exact) mass is 136 g/mol. The Hall–Kier alpha value is -0.710. The van der Waals surface area contributed by atoms with E-state index in [9.17, 15) is 0 Å². The van der Waals surface area contributed by atoms with Crippen molar-refractivity contribution in [3.8, 4) is 6.19 Å². The van der Waals surface area contributed by atoms with Gasteiger partial charge in [0.1, 0.15) is 0 Å².